The summed E-state index contributed by atoms with van der Waals surface area (Å²) in [5, 5.41) is 0. The van der Waals surface area contributed by atoms with Gasteiger partial charge in [-0.3, -0.25) is 4.84 Å². The second-order valence-corrected chi connectivity index (χ2v) is 4.28. The summed E-state index contributed by atoms with van der Waals surface area (Å²) < 4.78 is 4.96. The Labute approximate surface area is 123 Å². The highest BCUT2D eigenvalue weighted by Crippen LogP contribution is 2.14. The van der Waals surface area contributed by atoms with Gasteiger partial charge in [-0.2, -0.15) is 0 Å². The first-order valence-corrected chi connectivity index (χ1v) is 6.63. The van der Waals surface area contributed by atoms with E-state index in [1.165, 1.54) is 6.20 Å². The third kappa shape index (κ3) is 4.25. The smallest absolute Gasteiger partial charge is 0.343 e. The van der Waals surface area contributed by atoms with E-state index in [0.717, 1.165) is 5.56 Å². The summed E-state index contributed by atoms with van der Waals surface area (Å²) in [7, 11) is 0. The molecule has 2 aromatic rings. The Hall–Kier alpha value is -2.47. The lowest BCUT2D eigenvalue weighted by Gasteiger charge is -2.10. The van der Waals surface area contributed by atoms with Crippen molar-refractivity contribution in [2.75, 3.05) is 12.1 Å². The van der Waals surface area contributed by atoms with Crippen molar-refractivity contribution in [3.8, 4) is 0 Å². The molecule has 110 valence electrons. The average Bonchev–Trinajstić information content (AvgIpc) is 2.49. The third-order valence-corrected chi connectivity index (χ3v) is 2.66. The molecule has 1 N–H and O–H groups in total. The highest BCUT2D eigenvalue weighted by Gasteiger charge is 2.15. The van der Waals surface area contributed by atoms with E-state index >= 15 is 0 Å². The van der Waals surface area contributed by atoms with E-state index in [9.17, 15) is 4.79 Å². The van der Waals surface area contributed by atoms with Crippen LogP contribution in [0.3, 0.4) is 0 Å². The fourth-order valence-corrected chi connectivity index (χ4v) is 1.67. The van der Waals surface area contributed by atoms with Crippen LogP contribution in [0.2, 0.25) is 0 Å². The van der Waals surface area contributed by atoms with E-state index in [0.29, 0.717) is 18.2 Å². The molecule has 0 fully saturated rings. The van der Waals surface area contributed by atoms with Gasteiger partial charge in [-0.1, -0.05) is 30.3 Å². The largest absolute Gasteiger partial charge is 0.462 e. The molecule has 1 aromatic heterocycles. The van der Waals surface area contributed by atoms with Gasteiger partial charge in [-0.25, -0.2) is 20.2 Å². The Morgan fingerprint density at radius 3 is 2.76 bits per heavy atom. The van der Waals surface area contributed by atoms with Gasteiger partial charge in [0.25, 0.3) is 0 Å². The molecular weight excluding hydrogens is 270 g/mol. The van der Waals surface area contributed by atoms with Gasteiger partial charge in [-0.15, -0.1) is 0 Å². The van der Waals surface area contributed by atoms with Crippen molar-refractivity contribution in [2.45, 2.75) is 20.5 Å². The zero-order valence-corrected chi connectivity index (χ0v) is 12.0. The zero-order chi connectivity index (χ0) is 15.1. The first-order valence-electron chi connectivity index (χ1n) is 6.63. The van der Waals surface area contributed by atoms with Crippen LogP contribution in [0.1, 0.15) is 28.7 Å². The summed E-state index contributed by atoms with van der Waals surface area (Å²) >= 11 is 0. The van der Waals surface area contributed by atoms with Gasteiger partial charge in [0.15, 0.2) is 5.82 Å². The molecule has 0 spiro atoms. The van der Waals surface area contributed by atoms with Crippen molar-refractivity contribution in [3.05, 3.63) is 53.5 Å². The van der Waals surface area contributed by atoms with Gasteiger partial charge in [-0.05, 0) is 19.4 Å². The predicted molar refractivity (Wildman–Crippen MR) is 77.6 cm³/mol. The number of benzene rings is 1. The molecule has 0 aliphatic rings. The van der Waals surface area contributed by atoms with Crippen LogP contribution in [0.15, 0.2) is 36.5 Å². The van der Waals surface area contributed by atoms with Crippen molar-refractivity contribution in [1.29, 1.82) is 0 Å². The standard InChI is InChI=1S/C15H17N3O3/c1-3-20-15(19)13-9-16-11(2)17-14(13)18-21-10-12-7-5-4-6-8-12/h4-9H,3,10H2,1-2H3,(H,16,17,18). The van der Waals surface area contributed by atoms with Gasteiger partial charge in [0, 0.05) is 6.20 Å². The average molecular weight is 287 g/mol. The maximum Gasteiger partial charge on any atom is 0.343 e. The quantitative estimate of drug-likeness (QED) is 0.650. The summed E-state index contributed by atoms with van der Waals surface area (Å²) in [6.07, 6.45) is 1.43. The number of carbonyl (C=O) groups is 1. The van der Waals surface area contributed by atoms with E-state index < -0.39 is 5.97 Å². The number of ether oxygens (including phenoxy) is 1. The molecule has 21 heavy (non-hydrogen) atoms. The second-order valence-electron chi connectivity index (χ2n) is 4.28. The fraction of sp³-hybridized carbons (Fsp3) is 0.267. The number of anilines is 1. The van der Waals surface area contributed by atoms with Gasteiger partial charge < -0.3 is 4.74 Å². The number of hydrogen-bond acceptors (Lipinski definition) is 6. The van der Waals surface area contributed by atoms with Crippen LogP contribution >= 0.6 is 0 Å². The lowest BCUT2D eigenvalue weighted by molar-refractivity contribution is 0.0524. The van der Waals surface area contributed by atoms with Crippen LogP contribution in [0, 0.1) is 6.92 Å². The first kappa shape index (κ1) is 14.9. The Morgan fingerprint density at radius 2 is 2.05 bits per heavy atom. The zero-order valence-electron chi connectivity index (χ0n) is 12.0. The minimum atomic E-state index is -0.483. The summed E-state index contributed by atoms with van der Waals surface area (Å²) in [4.78, 5) is 25.4. The molecule has 0 atom stereocenters. The van der Waals surface area contributed by atoms with Gasteiger partial charge >= 0.3 is 5.97 Å². The van der Waals surface area contributed by atoms with Crippen molar-refractivity contribution in [3.63, 3.8) is 0 Å². The Kier molecular flexibility index (Phi) is 5.22. The minimum Gasteiger partial charge on any atom is -0.462 e. The highest BCUT2D eigenvalue weighted by molar-refractivity contribution is 5.94. The maximum absolute atomic E-state index is 11.8. The molecule has 6 heteroatoms. The van der Waals surface area contributed by atoms with Gasteiger partial charge in [0.1, 0.15) is 11.4 Å². The fourth-order valence-electron chi connectivity index (χ4n) is 1.67. The van der Waals surface area contributed by atoms with Crippen LogP contribution in [-0.4, -0.2) is 22.5 Å². The van der Waals surface area contributed by atoms with E-state index in [1.54, 1.807) is 13.8 Å². The number of nitrogens with zero attached hydrogens (tertiary/aromatic N) is 2. The van der Waals surface area contributed by atoms with Crippen molar-refractivity contribution in [1.82, 2.24) is 9.97 Å². The van der Waals surface area contributed by atoms with E-state index in [4.69, 9.17) is 9.57 Å². The minimum absolute atomic E-state index is 0.246. The molecule has 0 aliphatic carbocycles. The summed E-state index contributed by atoms with van der Waals surface area (Å²) in [6, 6.07) is 9.68. The first-order chi connectivity index (χ1) is 10.2. The Bertz CT molecular complexity index is 602. The molecule has 0 unspecified atom stereocenters. The molecule has 0 saturated carbocycles. The summed E-state index contributed by atoms with van der Waals surface area (Å²) in [6.45, 7) is 4.12. The number of aromatic nitrogens is 2. The Morgan fingerprint density at radius 1 is 1.29 bits per heavy atom. The number of carbonyl (C=O) groups excluding carboxylic acids is 1. The second kappa shape index (κ2) is 7.35. The Balaban J connectivity index is 2.04. The SMILES string of the molecule is CCOC(=O)c1cnc(C)nc1NOCc1ccccc1. The molecule has 0 radical (unpaired) electrons. The number of aryl methyl sites for hydroxylation is 1. The van der Waals surface area contributed by atoms with Crippen molar-refractivity contribution in [2.24, 2.45) is 0 Å². The van der Waals surface area contributed by atoms with Crippen LogP contribution in [0.5, 0.6) is 0 Å². The lowest BCUT2D eigenvalue weighted by Crippen LogP contribution is -2.13. The molecule has 6 nitrogen and oxygen atoms in total. The molecule has 0 aliphatic heterocycles. The van der Waals surface area contributed by atoms with Gasteiger partial charge in [0.2, 0.25) is 0 Å². The molecule has 1 aromatic carbocycles. The highest BCUT2D eigenvalue weighted by atomic mass is 16.6. The predicted octanol–water partition coefficient (Wildman–Crippen LogP) is 2.51. The molecular formula is C15H17N3O3. The molecule has 0 amide bonds. The van der Waals surface area contributed by atoms with Crippen molar-refractivity contribution < 1.29 is 14.4 Å². The van der Waals surface area contributed by atoms with Crippen LogP contribution < -0.4 is 5.48 Å². The monoisotopic (exact) mass is 287 g/mol. The molecule has 0 saturated heterocycles. The third-order valence-electron chi connectivity index (χ3n) is 2.66. The van der Waals surface area contributed by atoms with Crippen LogP contribution in [0.4, 0.5) is 5.82 Å². The number of hydrogen-bond donors (Lipinski definition) is 1. The van der Waals surface area contributed by atoms with Crippen LogP contribution in [-0.2, 0) is 16.2 Å². The number of nitrogens with one attached hydrogen (secondary N) is 1. The lowest BCUT2D eigenvalue weighted by atomic mass is 10.2. The van der Waals surface area contributed by atoms with E-state index in [2.05, 4.69) is 15.4 Å². The molecule has 2 rings (SSSR count). The summed E-state index contributed by atoms with van der Waals surface area (Å²) in [5.41, 5.74) is 3.94. The van der Waals surface area contributed by atoms with Crippen molar-refractivity contribution >= 4 is 11.8 Å². The molecule has 0 bridgehead atoms. The number of rotatable bonds is 6. The normalized spacial score (nSPS) is 10.2. The summed E-state index contributed by atoms with van der Waals surface area (Å²) in [5.74, 6) is 0.356. The van der Waals surface area contributed by atoms with Crippen LogP contribution in [0.25, 0.3) is 0 Å². The molecule has 1 heterocycles. The van der Waals surface area contributed by atoms with Gasteiger partial charge in [0.05, 0.1) is 13.2 Å². The maximum atomic E-state index is 11.8. The van der Waals surface area contributed by atoms with E-state index in [-0.39, 0.29) is 12.2 Å². The topological polar surface area (TPSA) is 73.3 Å². The van der Waals surface area contributed by atoms with E-state index in [1.807, 2.05) is 30.3 Å². The number of esters is 1.